The molecule has 0 fully saturated rings. The van der Waals surface area contributed by atoms with Crippen LogP contribution < -0.4 is 0 Å². The molecule has 0 aliphatic carbocycles. The van der Waals surface area contributed by atoms with Crippen molar-refractivity contribution in [3.8, 4) is 0 Å². The van der Waals surface area contributed by atoms with Crippen LogP contribution in [0.2, 0.25) is 0 Å². The SMILES string of the molecule is CCCCCCCC/C=C\CCCCCCCC(=O)OCC(COCCCCCCCCCCCCCCCC)OC(=O)CCCCCCCCC. The first-order chi connectivity index (χ1) is 25.6. The summed E-state index contributed by atoms with van der Waals surface area (Å²) in [4.78, 5) is 25.1. The van der Waals surface area contributed by atoms with Crippen LogP contribution in [0.5, 0.6) is 0 Å². The summed E-state index contributed by atoms with van der Waals surface area (Å²) < 4.78 is 17.3. The molecule has 0 N–H and O–H groups in total. The number of unbranched alkanes of at least 4 members (excludes halogenated alkanes) is 30. The number of allylic oxidation sites excluding steroid dienone is 2. The second-order valence-corrected chi connectivity index (χ2v) is 15.7. The highest BCUT2D eigenvalue weighted by molar-refractivity contribution is 5.70. The monoisotopic (exact) mass is 735 g/mol. The number of hydrogen-bond acceptors (Lipinski definition) is 5. The third-order valence-electron chi connectivity index (χ3n) is 10.3. The fourth-order valence-corrected chi connectivity index (χ4v) is 6.80. The Balaban J connectivity index is 4.12. The molecule has 0 amide bonds. The van der Waals surface area contributed by atoms with Gasteiger partial charge in [0, 0.05) is 19.4 Å². The Hall–Kier alpha value is -1.36. The van der Waals surface area contributed by atoms with E-state index in [1.165, 1.54) is 180 Å². The molecule has 5 nitrogen and oxygen atoms in total. The van der Waals surface area contributed by atoms with Crippen molar-refractivity contribution in [3.63, 3.8) is 0 Å². The number of carbonyl (C=O) groups excluding carboxylic acids is 2. The number of hydrogen-bond donors (Lipinski definition) is 0. The summed E-state index contributed by atoms with van der Waals surface area (Å²) in [7, 11) is 0. The Kier molecular flexibility index (Phi) is 42.9. The third kappa shape index (κ3) is 41.4. The largest absolute Gasteiger partial charge is 0.462 e. The highest BCUT2D eigenvalue weighted by Gasteiger charge is 2.17. The van der Waals surface area contributed by atoms with Gasteiger partial charge < -0.3 is 14.2 Å². The number of esters is 2. The first-order valence-electron chi connectivity index (χ1n) is 23.2. The third-order valence-corrected chi connectivity index (χ3v) is 10.3. The second-order valence-electron chi connectivity index (χ2n) is 15.7. The molecule has 0 aromatic rings. The smallest absolute Gasteiger partial charge is 0.306 e. The molecule has 0 aromatic carbocycles. The van der Waals surface area contributed by atoms with E-state index in [4.69, 9.17) is 14.2 Å². The number of rotatable bonds is 43. The molecule has 0 heterocycles. The van der Waals surface area contributed by atoms with Crippen LogP contribution in [0.15, 0.2) is 12.2 Å². The molecule has 52 heavy (non-hydrogen) atoms. The van der Waals surface area contributed by atoms with Crippen LogP contribution in [-0.4, -0.2) is 37.9 Å². The number of ether oxygens (including phenoxy) is 3. The lowest BCUT2D eigenvalue weighted by Crippen LogP contribution is -2.30. The molecule has 0 radical (unpaired) electrons. The minimum Gasteiger partial charge on any atom is -0.462 e. The lowest BCUT2D eigenvalue weighted by atomic mass is 10.0. The van der Waals surface area contributed by atoms with E-state index in [1.807, 2.05) is 0 Å². The van der Waals surface area contributed by atoms with Crippen LogP contribution in [0.3, 0.4) is 0 Å². The number of carbonyl (C=O) groups is 2. The summed E-state index contributed by atoms with van der Waals surface area (Å²) in [5, 5.41) is 0. The van der Waals surface area contributed by atoms with Crippen LogP contribution in [0.4, 0.5) is 0 Å². The average molecular weight is 735 g/mol. The molecule has 0 rings (SSSR count). The van der Waals surface area contributed by atoms with Crippen LogP contribution in [0, 0.1) is 0 Å². The van der Waals surface area contributed by atoms with Crippen LogP contribution in [0.25, 0.3) is 0 Å². The van der Waals surface area contributed by atoms with Crippen molar-refractivity contribution in [2.45, 2.75) is 258 Å². The molecule has 0 aliphatic rings. The Morgan fingerprint density at radius 2 is 0.750 bits per heavy atom. The Morgan fingerprint density at radius 3 is 1.17 bits per heavy atom. The quantitative estimate of drug-likeness (QED) is 0.0355. The normalized spacial score (nSPS) is 12.1. The summed E-state index contributed by atoms with van der Waals surface area (Å²) in [5.41, 5.74) is 0. The van der Waals surface area contributed by atoms with E-state index in [-0.39, 0.29) is 18.5 Å². The molecule has 308 valence electrons. The van der Waals surface area contributed by atoms with E-state index in [0.29, 0.717) is 26.1 Å². The van der Waals surface area contributed by atoms with Gasteiger partial charge in [-0.05, 0) is 44.9 Å². The fraction of sp³-hybridized carbons (Fsp3) is 0.915. The lowest BCUT2D eigenvalue weighted by Gasteiger charge is -2.18. The maximum Gasteiger partial charge on any atom is 0.306 e. The predicted octanol–water partition coefficient (Wildman–Crippen LogP) is 15.1. The Morgan fingerprint density at radius 1 is 0.404 bits per heavy atom. The van der Waals surface area contributed by atoms with Crippen molar-refractivity contribution in [2.24, 2.45) is 0 Å². The lowest BCUT2D eigenvalue weighted by molar-refractivity contribution is -0.163. The van der Waals surface area contributed by atoms with Crippen molar-refractivity contribution in [2.75, 3.05) is 19.8 Å². The van der Waals surface area contributed by atoms with Gasteiger partial charge in [-0.3, -0.25) is 9.59 Å². The Bertz CT molecular complexity index is 750. The van der Waals surface area contributed by atoms with Gasteiger partial charge in [0.1, 0.15) is 6.61 Å². The van der Waals surface area contributed by atoms with Gasteiger partial charge in [0.2, 0.25) is 0 Å². The summed E-state index contributed by atoms with van der Waals surface area (Å²) >= 11 is 0. The minimum atomic E-state index is -0.526. The molecule has 1 atom stereocenters. The van der Waals surface area contributed by atoms with Gasteiger partial charge in [-0.15, -0.1) is 0 Å². The van der Waals surface area contributed by atoms with Gasteiger partial charge >= 0.3 is 11.9 Å². The molecular formula is C47H90O5. The van der Waals surface area contributed by atoms with E-state index in [9.17, 15) is 9.59 Å². The van der Waals surface area contributed by atoms with E-state index in [0.717, 1.165) is 38.5 Å². The van der Waals surface area contributed by atoms with Gasteiger partial charge in [0.25, 0.3) is 0 Å². The molecule has 0 saturated carbocycles. The second kappa shape index (κ2) is 44.0. The Labute approximate surface area is 325 Å². The molecule has 0 bridgehead atoms. The highest BCUT2D eigenvalue weighted by atomic mass is 16.6. The summed E-state index contributed by atoms with van der Waals surface area (Å²) in [6, 6.07) is 0. The zero-order valence-corrected chi connectivity index (χ0v) is 35.4. The zero-order chi connectivity index (χ0) is 37.8. The van der Waals surface area contributed by atoms with Gasteiger partial charge in [0.15, 0.2) is 6.10 Å². The molecule has 0 aromatic heterocycles. The van der Waals surface area contributed by atoms with Crippen LogP contribution in [0.1, 0.15) is 252 Å². The average Bonchev–Trinajstić information content (AvgIpc) is 3.14. The van der Waals surface area contributed by atoms with Crippen molar-refractivity contribution in [1.82, 2.24) is 0 Å². The topological polar surface area (TPSA) is 61.8 Å². The van der Waals surface area contributed by atoms with Gasteiger partial charge in [-0.2, -0.15) is 0 Å². The standard InChI is InChI=1S/C47H90O5/c1-4-7-10-13-16-18-20-22-24-25-27-29-32-34-37-40-46(48)51-44-45(52-47(49)41-38-35-31-15-12-9-6-3)43-50-42-39-36-33-30-28-26-23-21-19-17-14-11-8-5-2/h22,24,45H,4-21,23,25-44H2,1-3H3/b24-22-. The minimum absolute atomic E-state index is 0.0887. The van der Waals surface area contributed by atoms with Crippen molar-refractivity contribution in [1.29, 1.82) is 0 Å². The van der Waals surface area contributed by atoms with Crippen LogP contribution >= 0.6 is 0 Å². The molecule has 0 saturated heterocycles. The van der Waals surface area contributed by atoms with E-state index in [2.05, 4.69) is 32.9 Å². The van der Waals surface area contributed by atoms with Crippen molar-refractivity contribution >= 4 is 11.9 Å². The molecule has 5 heteroatoms. The first-order valence-corrected chi connectivity index (χ1v) is 23.2. The highest BCUT2D eigenvalue weighted by Crippen LogP contribution is 2.15. The van der Waals surface area contributed by atoms with Crippen molar-refractivity contribution < 1.29 is 23.8 Å². The maximum absolute atomic E-state index is 12.6. The molecule has 0 aliphatic heterocycles. The van der Waals surface area contributed by atoms with E-state index in [1.54, 1.807) is 0 Å². The van der Waals surface area contributed by atoms with E-state index >= 15 is 0 Å². The predicted molar refractivity (Wildman–Crippen MR) is 224 cm³/mol. The molecular weight excluding hydrogens is 645 g/mol. The van der Waals surface area contributed by atoms with Gasteiger partial charge in [-0.1, -0.05) is 206 Å². The first kappa shape index (κ1) is 50.6. The maximum atomic E-state index is 12.6. The molecule has 0 spiro atoms. The van der Waals surface area contributed by atoms with Crippen LogP contribution in [-0.2, 0) is 23.8 Å². The van der Waals surface area contributed by atoms with Gasteiger partial charge in [0.05, 0.1) is 6.61 Å². The summed E-state index contributed by atoms with van der Waals surface area (Å²) in [5.74, 6) is -0.398. The fourth-order valence-electron chi connectivity index (χ4n) is 6.80. The van der Waals surface area contributed by atoms with Gasteiger partial charge in [-0.25, -0.2) is 0 Å². The zero-order valence-electron chi connectivity index (χ0n) is 35.4. The summed E-state index contributed by atoms with van der Waals surface area (Å²) in [6.07, 6.45) is 47.9. The molecule has 1 unspecified atom stereocenters. The van der Waals surface area contributed by atoms with E-state index < -0.39 is 6.10 Å². The summed E-state index contributed by atoms with van der Waals surface area (Å²) in [6.45, 7) is 7.82. The van der Waals surface area contributed by atoms with Crippen molar-refractivity contribution in [3.05, 3.63) is 12.2 Å².